The minimum absolute atomic E-state index is 0.333. The van der Waals surface area contributed by atoms with E-state index >= 15 is 0 Å². The molecule has 16 heavy (non-hydrogen) atoms. The molecule has 1 aliphatic rings. The van der Waals surface area contributed by atoms with Crippen LogP contribution in [0.2, 0.25) is 0 Å². The summed E-state index contributed by atoms with van der Waals surface area (Å²) < 4.78 is 10.7. The van der Waals surface area contributed by atoms with Crippen LogP contribution in [0.15, 0.2) is 10.7 Å². The van der Waals surface area contributed by atoms with Crippen LogP contribution in [0.1, 0.15) is 25.0 Å². The van der Waals surface area contributed by atoms with E-state index in [-0.39, 0.29) is 0 Å². The molecule has 1 aliphatic heterocycles. The molecule has 90 valence electrons. The van der Waals surface area contributed by atoms with Crippen molar-refractivity contribution in [1.29, 1.82) is 0 Å². The molecule has 0 spiro atoms. The van der Waals surface area contributed by atoms with E-state index in [4.69, 9.17) is 14.9 Å². The highest BCUT2D eigenvalue weighted by molar-refractivity contribution is 4.99. The van der Waals surface area contributed by atoms with Gasteiger partial charge in [-0.1, -0.05) is 6.42 Å². The molecule has 0 amide bonds. The van der Waals surface area contributed by atoms with Gasteiger partial charge in [0.2, 0.25) is 0 Å². The summed E-state index contributed by atoms with van der Waals surface area (Å²) in [6.07, 6.45) is 5.61. The number of nitrogens with zero attached hydrogens (tertiary/aromatic N) is 2. The number of piperidine rings is 1. The molecule has 0 bridgehead atoms. The zero-order chi connectivity index (χ0) is 11.4. The van der Waals surface area contributed by atoms with E-state index in [9.17, 15) is 0 Å². The number of nitrogens with two attached hydrogens (primary N) is 1. The summed E-state index contributed by atoms with van der Waals surface area (Å²) in [5, 5.41) is 0. The summed E-state index contributed by atoms with van der Waals surface area (Å²) in [4.78, 5) is 6.44. The predicted octanol–water partition coefficient (Wildman–Crippen LogP) is 0.996. The summed E-state index contributed by atoms with van der Waals surface area (Å²) in [5.41, 5.74) is 6.17. The maximum Gasteiger partial charge on any atom is 0.393 e. The first-order valence-electron chi connectivity index (χ1n) is 5.77. The van der Waals surface area contributed by atoms with Crippen molar-refractivity contribution < 1.29 is 9.15 Å². The Morgan fingerprint density at radius 3 is 3.19 bits per heavy atom. The maximum absolute atomic E-state index is 5.52. The number of hydrogen-bond acceptors (Lipinski definition) is 5. The van der Waals surface area contributed by atoms with Crippen molar-refractivity contribution in [2.45, 2.75) is 31.8 Å². The molecule has 2 heterocycles. The number of ether oxygens (including phenoxy) is 1. The lowest BCUT2D eigenvalue weighted by molar-refractivity contribution is 0.106. The van der Waals surface area contributed by atoms with Crippen molar-refractivity contribution in [3.63, 3.8) is 0 Å². The Bertz CT molecular complexity index is 327. The van der Waals surface area contributed by atoms with E-state index in [1.807, 2.05) is 0 Å². The van der Waals surface area contributed by atoms with Crippen molar-refractivity contribution in [1.82, 2.24) is 9.88 Å². The highest BCUT2D eigenvalue weighted by Crippen LogP contribution is 2.17. The lowest BCUT2D eigenvalue weighted by Crippen LogP contribution is -2.40. The first kappa shape index (κ1) is 11.4. The number of oxazole rings is 1. The molecule has 1 unspecified atom stereocenters. The van der Waals surface area contributed by atoms with Crippen molar-refractivity contribution in [3.8, 4) is 6.08 Å². The average molecular weight is 225 g/mol. The first-order chi connectivity index (χ1) is 7.79. The Hall–Kier alpha value is -1.07. The second-order valence-corrected chi connectivity index (χ2v) is 4.25. The lowest BCUT2D eigenvalue weighted by atomic mass is 10.0. The van der Waals surface area contributed by atoms with Gasteiger partial charge in [-0.25, -0.2) is 0 Å². The molecule has 0 aromatic carbocycles. The van der Waals surface area contributed by atoms with Crippen LogP contribution in [-0.2, 0) is 6.54 Å². The summed E-state index contributed by atoms with van der Waals surface area (Å²) in [7, 11) is 2.13. The van der Waals surface area contributed by atoms with Crippen LogP contribution in [0, 0.1) is 0 Å². The average Bonchev–Trinajstić information content (AvgIpc) is 2.76. The zero-order valence-corrected chi connectivity index (χ0v) is 9.69. The molecule has 1 aromatic heterocycles. The smallest absolute Gasteiger partial charge is 0.393 e. The third-order valence-corrected chi connectivity index (χ3v) is 3.06. The van der Waals surface area contributed by atoms with Gasteiger partial charge in [0.1, 0.15) is 12.9 Å². The highest BCUT2D eigenvalue weighted by Gasteiger charge is 2.20. The van der Waals surface area contributed by atoms with Crippen LogP contribution in [0.3, 0.4) is 0 Å². The van der Waals surface area contributed by atoms with E-state index in [2.05, 4.69) is 16.9 Å². The van der Waals surface area contributed by atoms with Gasteiger partial charge < -0.3 is 19.8 Å². The molecule has 1 fully saturated rings. The molecule has 0 aliphatic carbocycles. The fourth-order valence-electron chi connectivity index (χ4n) is 1.97. The Kier molecular flexibility index (Phi) is 3.79. The van der Waals surface area contributed by atoms with Gasteiger partial charge in [-0.15, -0.1) is 0 Å². The molecular weight excluding hydrogens is 206 g/mol. The Morgan fingerprint density at radius 1 is 1.62 bits per heavy atom. The topological polar surface area (TPSA) is 64.5 Å². The quantitative estimate of drug-likeness (QED) is 0.828. The zero-order valence-electron chi connectivity index (χ0n) is 9.69. The van der Waals surface area contributed by atoms with Crippen LogP contribution >= 0.6 is 0 Å². The Balaban J connectivity index is 1.81. The second-order valence-electron chi connectivity index (χ2n) is 4.25. The van der Waals surface area contributed by atoms with Crippen molar-refractivity contribution in [2.24, 2.45) is 5.73 Å². The standard InChI is InChI=1S/C11H19N3O2/c1-14-5-3-2-4-10(14)8-16-11-13-9(6-12)7-15-11/h7,10H,2-6,8,12H2,1H3. The molecule has 5 nitrogen and oxygen atoms in total. The van der Waals surface area contributed by atoms with E-state index in [1.165, 1.54) is 19.3 Å². The van der Waals surface area contributed by atoms with Gasteiger partial charge >= 0.3 is 6.08 Å². The van der Waals surface area contributed by atoms with Gasteiger partial charge in [0.15, 0.2) is 0 Å². The van der Waals surface area contributed by atoms with Crippen LogP contribution in [0.25, 0.3) is 0 Å². The van der Waals surface area contributed by atoms with Gasteiger partial charge in [0.25, 0.3) is 0 Å². The van der Waals surface area contributed by atoms with Gasteiger partial charge in [-0.2, -0.15) is 4.98 Å². The first-order valence-corrected chi connectivity index (χ1v) is 5.77. The molecule has 5 heteroatoms. The van der Waals surface area contributed by atoms with Crippen LogP contribution < -0.4 is 10.5 Å². The van der Waals surface area contributed by atoms with E-state index in [0.29, 0.717) is 25.3 Å². The van der Waals surface area contributed by atoms with Crippen LogP contribution in [-0.4, -0.2) is 36.1 Å². The number of rotatable bonds is 4. The highest BCUT2D eigenvalue weighted by atomic mass is 16.6. The molecule has 2 rings (SSSR count). The van der Waals surface area contributed by atoms with E-state index in [0.717, 1.165) is 12.2 Å². The van der Waals surface area contributed by atoms with Crippen molar-refractivity contribution >= 4 is 0 Å². The molecule has 1 atom stereocenters. The number of likely N-dealkylation sites (tertiary alicyclic amines) is 1. The SMILES string of the molecule is CN1CCCCC1COc1nc(CN)co1. The minimum Gasteiger partial charge on any atom is -0.449 e. The van der Waals surface area contributed by atoms with Crippen LogP contribution in [0.4, 0.5) is 0 Å². The van der Waals surface area contributed by atoms with Gasteiger partial charge in [-0.3, -0.25) is 0 Å². The lowest BCUT2D eigenvalue weighted by Gasteiger charge is -2.31. The van der Waals surface area contributed by atoms with Gasteiger partial charge in [0.05, 0.1) is 5.69 Å². The summed E-state index contributed by atoms with van der Waals surface area (Å²) in [6, 6.07) is 0.474. The second kappa shape index (κ2) is 5.32. The molecule has 0 saturated carbocycles. The fraction of sp³-hybridized carbons (Fsp3) is 0.727. The summed E-state index contributed by atoms with van der Waals surface area (Å²) in [6.45, 7) is 2.17. The van der Waals surface area contributed by atoms with Crippen LogP contribution in [0.5, 0.6) is 6.08 Å². The van der Waals surface area contributed by atoms with Gasteiger partial charge in [0, 0.05) is 12.6 Å². The molecule has 1 aromatic rings. The summed E-state index contributed by atoms with van der Waals surface area (Å²) in [5.74, 6) is 0. The Labute approximate surface area is 95.6 Å². The normalized spacial score (nSPS) is 22.2. The Morgan fingerprint density at radius 2 is 2.50 bits per heavy atom. The van der Waals surface area contributed by atoms with E-state index in [1.54, 1.807) is 6.26 Å². The monoisotopic (exact) mass is 225 g/mol. The number of aromatic nitrogens is 1. The maximum atomic E-state index is 5.52. The summed E-state index contributed by atoms with van der Waals surface area (Å²) >= 11 is 0. The number of likely N-dealkylation sites (N-methyl/N-ethyl adjacent to an activating group) is 1. The molecular formula is C11H19N3O2. The predicted molar refractivity (Wildman–Crippen MR) is 60.2 cm³/mol. The van der Waals surface area contributed by atoms with Crippen molar-refractivity contribution in [3.05, 3.63) is 12.0 Å². The molecule has 2 N–H and O–H groups in total. The van der Waals surface area contributed by atoms with E-state index < -0.39 is 0 Å². The number of hydrogen-bond donors (Lipinski definition) is 1. The van der Waals surface area contributed by atoms with Crippen molar-refractivity contribution in [2.75, 3.05) is 20.2 Å². The fourth-order valence-corrected chi connectivity index (χ4v) is 1.97. The molecule has 0 radical (unpaired) electrons. The third kappa shape index (κ3) is 2.74. The largest absolute Gasteiger partial charge is 0.449 e. The third-order valence-electron chi connectivity index (χ3n) is 3.06. The minimum atomic E-state index is 0.333. The van der Waals surface area contributed by atoms with Gasteiger partial charge in [-0.05, 0) is 26.4 Å². The molecule has 1 saturated heterocycles.